The number of benzene rings is 1. The maximum Gasteiger partial charge on any atom is 0.127 e. The van der Waals surface area contributed by atoms with Crippen molar-refractivity contribution in [2.75, 3.05) is 20.7 Å². The molecule has 4 heteroatoms. The van der Waals surface area contributed by atoms with Gasteiger partial charge in [-0.1, -0.05) is 11.6 Å². The number of aliphatic hydroxyl groups is 1. The molecule has 0 fully saturated rings. The summed E-state index contributed by atoms with van der Waals surface area (Å²) in [5.74, 6) is 0.730. The largest absolute Gasteiger partial charge is 0.496 e. The highest BCUT2D eigenvalue weighted by Crippen LogP contribution is 2.31. The van der Waals surface area contributed by atoms with Gasteiger partial charge in [0.2, 0.25) is 0 Å². The van der Waals surface area contributed by atoms with Gasteiger partial charge < -0.3 is 20.9 Å². The average Bonchev–Trinajstić information content (AvgIpc) is 2.34. The van der Waals surface area contributed by atoms with E-state index in [2.05, 4.69) is 5.32 Å². The summed E-state index contributed by atoms with van der Waals surface area (Å²) in [4.78, 5) is 0. The van der Waals surface area contributed by atoms with E-state index in [0.29, 0.717) is 6.42 Å². The zero-order chi connectivity index (χ0) is 13.7. The fraction of sp³-hybridized carbons (Fsp3) is 0.571. The molecule has 0 radical (unpaired) electrons. The highest BCUT2D eigenvalue weighted by Gasteiger charge is 2.21. The van der Waals surface area contributed by atoms with Crippen LogP contribution >= 0.6 is 0 Å². The minimum Gasteiger partial charge on any atom is -0.496 e. The van der Waals surface area contributed by atoms with Crippen LogP contribution in [-0.2, 0) is 0 Å². The Morgan fingerprint density at radius 2 is 2.06 bits per heavy atom. The summed E-state index contributed by atoms with van der Waals surface area (Å²) in [5.41, 5.74) is 8.91. The second kappa shape index (κ2) is 6.73. The molecule has 1 rings (SSSR count). The third-order valence-corrected chi connectivity index (χ3v) is 3.10. The zero-order valence-electron chi connectivity index (χ0n) is 11.7. The fourth-order valence-corrected chi connectivity index (χ4v) is 2.19. The fourth-order valence-electron chi connectivity index (χ4n) is 2.19. The van der Waals surface area contributed by atoms with E-state index in [9.17, 15) is 5.11 Å². The molecule has 0 saturated heterocycles. The van der Waals surface area contributed by atoms with Gasteiger partial charge in [-0.2, -0.15) is 0 Å². The van der Waals surface area contributed by atoms with Crippen LogP contribution < -0.4 is 15.8 Å². The summed E-state index contributed by atoms with van der Waals surface area (Å²) in [5, 5.41) is 13.4. The van der Waals surface area contributed by atoms with Crippen LogP contribution in [0.1, 0.15) is 29.2 Å². The zero-order valence-corrected chi connectivity index (χ0v) is 11.7. The molecule has 102 valence electrons. The second-order valence-electron chi connectivity index (χ2n) is 4.71. The van der Waals surface area contributed by atoms with Crippen molar-refractivity contribution in [3.05, 3.63) is 28.8 Å². The molecule has 0 spiro atoms. The van der Waals surface area contributed by atoms with Crippen molar-refractivity contribution in [1.29, 1.82) is 0 Å². The lowest BCUT2D eigenvalue weighted by molar-refractivity contribution is 0.138. The van der Waals surface area contributed by atoms with Gasteiger partial charge in [0, 0.05) is 11.6 Å². The van der Waals surface area contributed by atoms with E-state index in [1.165, 1.54) is 0 Å². The van der Waals surface area contributed by atoms with Gasteiger partial charge in [0.15, 0.2) is 0 Å². The Balaban J connectivity index is 3.00. The number of nitrogens with one attached hydrogen (secondary N) is 1. The first-order valence-electron chi connectivity index (χ1n) is 6.24. The number of rotatable bonds is 6. The van der Waals surface area contributed by atoms with Gasteiger partial charge >= 0.3 is 0 Å². The van der Waals surface area contributed by atoms with Gasteiger partial charge in [-0.15, -0.1) is 0 Å². The Kier molecular flexibility index (Phi) is 5.59. The molecule has 0 heterocycles. The van der Waals surface area contributed by atoms with Crippen LogP contribution in [0.4, 0.5) is 0 Å². The number of aliphatic hydroxyl groups excluding tert-OH is 1. The minimum atomic E-state index is -0.702. The third-order valence-electron chi connectivity index (χ3n) is 3.10. The Morgan fingerprint density at radius 1 is 1.39 bits per heavy atom. The van der Waals surface area contributed by atoms with Crippen LogP contribution in [0.2, 0.25) is 0 Å². The number of hydrogen-bond donors (Lipinski definition) is 3. The van der Waals surface area contributed by atoms with Crippen molar-refractivity contribution in [1.82, 2.24) is 5.32 Å². The predicted octanol–water partition coefficient (Wildman–Crippen LogP) is 1.28. The first-order valence-corrected chi connectivity index (χ1v) is 6.24. The molecule has 1 aromatic carbocycles. The van der Waals surface area contributed by atoms with E-state index in [4.69, 9.17) is 10.5 Å². The Morgan fingerprint density at radius 3 is 2.61 bits per heavy atom. The molecular weight excluding hydrogens is 228 g/mol. The van der Waals surface area contributed by atoms with Crippen molar-refractivity contribution in [2.45, 2.75) is 32.4 Å². The topological polar surface area (TPSA) is 67.5 Å². The minimum absolute atomic E-state index is 0.299. The van der Waals surface area contributed by atoms with E-state index in [0.717, 1.165) is 29.0 Å². The molecule has 0 aliphatic heterocycles. The number of methoxy groups -OCH3 is 1. The highest BCUT2D eigenvalue weighted by atomic mass is 16.5. The number of nitrogens with two attached hydrogens (primary N) is 1. The van der Waals surface area contributed by atoms with Crippen molar-refractivity contribution >= 4 is 0 Å². The monoisotopic (exact) mass is 252 g/mol. The van der Waals surface area contributed by atoms with Crippen molar-refractivity contribution in [3.63, 3.8) is 0 Å². The van der Waals surface area contributed by atoms with Crippen LogP contribution in [0.25, 0.3) is 0 Å². The van der Waals surface area contributed by atoms with Crippen molar-refractivity contribution in [2.24, 2.45) is 5.73 Å². The molecule has 4 N–H and O–H groups in total. The van der Waals surface area contributed by atoms with Crippen molar-refractivity contribution in [3.8, 4) is 5.75 Å². The maximum atomic E-state index is 10.3. The first kappa shape index (κ1) is 15.0. The molecule has 18 heavy (non-hydrogen) atoms. The Labute approximate surface area is 109 Å². The SMILES string of the molecule is CNCCC(N)C(O)c1cc(C)cc(C)c1OC. The Hall–Kier alpha value is -1.10. The Bertz CT molecular complexity index is 394. The van der Waals surface area contributed by atoms with Gasteiger partial charge in [0.1, 0.15) is 5.75 Å². The molecule has 2 unspecified atom stereocenters. The summed E-state index contributed by atoms with van der Waals surface area (Å²) in [6.07, 6.45) is 0.0141. The van der Waals surface area contributed by atoms with Gasteiger partial charge in [0.25, 0.3) is 0 Å². The summed E-state index contributed by atoms with van der Waals surface area (Å²) < 4.78 is 5.38. The van der Waals surface area contributed by atoms with E-state index < -0.39 is 6.10 Å². The smallest absolute Gasteiger partial charge is 0.127 e. The molecule has 0 bridgehead atoms. The maximum absolute atomic E-state index is 10.3. The predicted molar refractivity (Wildman–Crippen MR) is 73.9 cm³/mol. The lowest BCUT2D eigenvalue weighted by atomic mass is 9.95. The molecule has 1 aromatic rings. The van der Waals surface area contributed by atoms with E-state index in [1.807, 2.05) is 33.0 Å². The molecule has 0 aromatic heterocycles. The molecule has 0 amide bonds. The molecule has 2 atom stereocenters. The van der Waals surface area contributed by atoms with Gasteiger partial charge in [-0.25, -0.2) is 0 Å². The molecular formula is C14H24N2O2. The molecule has 4 nitrogen and oxygen atoms in total. The molecule has 0 aliphatic carbocycles. The van der Waals surface area contributed by atoms with Crippen LogP contribution in [0.15, 0.2) is 12.1 Å². The highest BCUT2D eigenvalue weighted by molar-refractivity contribution is 5.45. The molecule has 0 saturated carbocycles. The van der Waals surface area contributed by atoms with E-state index in [1.54, 1.807) is 7.11 Å². The van der Waals surface area contributed by atoms with E-state index in [-0.39, 0.29) is 6.04 Å². The normalized spacial score (nSPS) is 14.3. The quantitative estimate of drug-likeness (QED) is 0.713. The van der Waals surface area contributed by atoms with Crippen LogP contribution in [0.5, 0.6) is 5.75 Å². The number of aryl methyl sites for hydroxylation is 2. The summed E-state index contributed by atoms with van der Waals surface area (Å²) >= 11 is 0. The van der Waals surface area contributed by atoms with Crippen molar-refractivity contribution < 1.29 is 9.84 Å². The van der Waals surface area contributed by atoms with Gasteiger partial charge in [-0.3, -0.25) is 0 Å². The summed E-state index contributed by atoms with van der Waals surface area (Å²) in [6, 6.07) is 3.68. The number of ether oxygens (including phenoxy) is 1. The lowest BCUT2D eigenvalue weighted by Gasteiger charge is -2.22. The average molecular weight is 252 g/mol. The number of hydrogen-bond acceptors (Lipinski definition) is 4. The summed E-state index contributed by atoms with van der Waals surface area (Å²) in [7, 11) is 3.49. The van der Waals surface area contributed by atoms with Gasteiger partial charge in [0.05, 0.1) is 13.2 Å². The summed E-state index contributed by atoms with van der Waals surface area (Å²) in [6.45, 7) is 4.76. The van der Waals surface area contributed by atoms with Crippen LogP contribution in [0, 0.1) is 13.8 Å². The van der Waals surface area contributed by atoms with E-state index >= 15 is 0 Å². The second-order valence-corrected chi connectivity index (χ2v) is 4.71. The lowest BCUT2D eigenvalue weighted by Crippen LogP contribution is -2.31. The first-order chi connectivity index (χ1) is 8.51. The van der Waals surface area contributed by atoms with Crippen LogP contribution in [0.3, 0.4) is 0 Å². The van der Waals surface area contributed by atoms with Crippen LogP contribution in [-0.4, -0.2) is 31.9 Å². The third kappa shape index (κ3) is 3.45. The molecule has 0 aliphatic rings. The standard InChI is InChI=1S/C14H24N2O2/c1-9-7-10(2)14(18-4)11(8-9)13(17)12(15)5-6-16-3/h7-8,12-13,16-17H,5-6,15H2,1-4H3. The van der Waals surface area contributed by atoms with Gasteiger partial charge in [-0.05, 0) is 45.5 Å².